The Hall–Kier alpha value is -2.84. The molecular weight excluding hydrogens is 370 g/mol. The van der Waals surface area contributed by atoms with Gasteiger partial charge in [0.2, 0.25) is 5.56 Å². The van der Waals surface area contributed by atoms with Crippen LogP contribution < -0.4 is 15.0 Å². The first-order chi connectivity index (χ1) is 12.8. The number of hydrogen-bond acceptors (Lipinski definition) is 6. The molecule has 3 aromatic rings. The fourth-order valence-corrected chi connectivity index (χ4v) is 3.51. The Balaban J connectivity index is 1.98. The first-order valence-corrected chi connectivity index (χ1v) is 9.56. The Morgan fingerprint density at radius 3 is 2.19 bits per heavy atom. The van der Waals surface area contributed by atoms with E-state index in [-0.39, 0.29) is 10.5 Å². The predicted molar refractivity (Wildman–Crippen MR) is 99.5 cm³/mol. The highest BCUT2D eigenvalue weighted by atomic mass is 32.2. The summed E-state index contributed by atoms with van der Waals surface area (Å²) in [6.07, 6.45) is 1.07. The van der Waals surface area contributed by atoms with Crippen LogP contribution in [0.5, 0.6) is 11.5 Å². The van der Waals surface area contributed by atoms with Gasteiger partial charge in [-0.1, -0.05) is 12.1 Å². The van der Waals surface area contributed by atoms with Crippen LogP contribution >= 0.6 is 0 Å². The molecule has 8 heteroatoms. The van der Waals surface area contributed by atoms with Crippen LogP contribution in [-0.2, 0) is 23.0 Å². The number of methoxy groups -OCH3 is 2. The summed E-state index contributed by atoms with van der Waals surface area (Å²) < 4.78 is 43.8. The van der Waals surface area contributed by atoms with Crippen molar-refractivity contribution in [3.8, 4) is 11.5 Å². The molecule has 0 amide bonds. The standard InChI is InChI=1S/C19H19NO6S/c1-25-15-9-10-16(26-2)19-18(15)13(11-17(21)20-19)6-3-12-4-7-14(8-5-12)27(22,23)24/h4-5,7-11H,3,6H2,1-2H3,(H,20,21)(H,22,23,24)/p-1. The molecule has 7 nitrogen and oxygen atoms in total. The lowest BCUT2D eigenvalue weighted by molar-refractivity contribution is 0.409. The smallest absolute Gasteiger partial charge is 0.248 e. The van der Waals surface area contributed by atoms with E-state index in [1.165, 1.54) is 25.3 Å². The van der Waals surface area contributed by atoms with Gasteiger partial charge in [0.15, 0.2) is 0 Å². The largest absolute Gasteiger partial charge is 0.744 e. The molecule has 0 aliphatic carbocycles. The van der Waals surface area contributed by atoms with Crippen LogP contribution in [0.1, 0.15) is 11.1 Å². The predicted octanol–water partition coefficient (Wildman–Crippen LogP) is 2.23. The van der Waals surface area contributed by atoms with Crippen molar-refractivity contribution in [2.75, 3.05) is 14.2 Å². The minimum atomic E-state index is -4.46. The molecule has 3 rings (SSSR count). The maximum absolute atomic E-state index is 12.1. The van der Waals surface area contributed by atoms with Crippen LogP contribution in [0, 0.1) is 0 Å². The zero-order valence-corrected chi connectivity index (χ0v) is 15.6. The fraction of sp³-hybridized carbons (Fsp3) is 0.211. The molecule has 0 atom stereocenters. The zero-order valence-electron chi connectivity index (χ0n) is 14.8. The Labute approximate surface area is 156 Å². The molecule has 27 heavy (non-hydrogen) atoms. The third-order valence-corrected chi connectivity index (χ3v) is 5.19. The Morgan fingerprint density at radius 1 is 0.963 bits per heavy atom. The topological polar surface area (TPSA) is 109 Å². The molecule has 0 fully saturated rings. The minimum Gasteiger partial charge on any atom is -0.744 e. The Morgan fingerprint density at radius 2 is 1.59 bits per heavy atom. The number of ether oxygens (including phenoxy) is 2. The van der Waals surface area contributed by atoms with Gasteiger partial charge in [0.1, 0.15) is 21.6 Å². The third-order valence-electron chi connectivity index (χ3n) is 4.34. The summed E-state index contributed by atoms with van der Waals surface area (Å²) in [5, 5.41) is 0.759. The van der Waals surface area contributed by atoms with E-state index < -0.39 is 10.1 Å². The summed E-state index contributed by atoms with van der Waals surface area (Å²) in [6.45, 7) is 0. The van der Waals surface area contributed by atoms with Crippen LogP contribution in [0.2, 0.25) is 0 Å². The minimum absolute atomic E-state index is 0.253. The summed E-state index contributed by atoms with van der Waals surface area (Å²) in [5.74, 6) is 1.15. The molecule has 0 bridgehead atoms. The van der Waals surface area contributed by atoms with Crippen molar-refractivity contribution >= 4 is 21.0 Å². The molecular formula is C19H18NO6S-. The third kappa shape index (κ3) is 3.96. The van der Waals surface area contributed by atoms with E-state index in [2.05, 4.69) is 4.98 Å². The van der Waals surface area contributed by atoms with E-state index in [0.29, 0.717) is 29.9 Å². The van der Waals surface area contributed by atoms with Gasteiger partial charge in [-0.25, -0.2) is 8.42 Å². The van der Waals surface area contributed by atoms with Crippen molar-refractivity contribution in [3.63, 3.8) is 0 Å². The Kier molecular flexibility index (Phi) is 5.20. The molecule has 0 aliphatic rings. The number of nitrogens with one attached hydrogen (secondary N) is 1. The molecule has 0 aliphatic heterocycles. The van der Waals surface area contributed by atoms with E-state index in [1.807, 2.05) is 0 Å². The number of hydrogen-bond donors (Lipinski definition) is 1. The van der Waals surface area contributed by atoms with Crippen molar-refractivity contribution in [1.29, 1.82) is 0 Å². The maximum atomic E-state index is 12.1. The average Bonchev–Trinajstić information content (AvgIpc) is 2.64. The summed E-state index contributed by atoms with van der Waals surface area (Å²) in [7, 11) is -1.38. The van der Waals surface area contributed by atoms with Crippen molar-refractivity contribution in [2.45, 2.75) is 17.7 Å². The molecule has 0 spiro atoms. The van der Waals surface area contributed by atoms with Gasteiger partial charge in [-0.2, -0.15) is 0 Å². The normalized spacial score (nSPS) is 11.5. The number of benzene rings is 2. The van der Waals surface area contributed by atoms with Crippen LogP contribution in [0.15, 0.2) is 52.2 Å². The van der Waals surface area contributed by atoms with Crippen LogP contribution in [-0.4, -0.2) is 32.2 Å². The van der Waals surface area contributed by atoms with Crippen LogP contribution in [0.3, 0.4) is 0 Å². The molecule has 0 radical (unpaired) electrons. The van der Waals surface area contributed by atoms with Crippen molar-refractivity contribution in [1.82, 2.24) is 4.98 Å². The molecule has 0 unspecified atom stereocenters. The fourth-order valence-electron chi connectivity index (χ4n) is 3.04. The van der Waals surface area contributed by atoms with Gasteiger partial charge in [-0.15, -0.1) is 0 Å². The number of rotatable bonds is 6. The number of aromatic nitrogens is 1. The first kappa shape index (κ1) is 18.9. The number of H-pyrrole nitrogens is 1. The van der Waals surface area contributed by atoms with Gasteiger partial charge in [0, 0.05) is 11.5 Å². The number of fused-ring (bicyclic) bond motifs is 1. The highest BCUT2D eigenvalue weighted by Crippen LogP contribution is 2.33. The first-order valence-electron chi connectivity index (χ1n) is 8.15. The lowest BCUT2D eigenvalue weighted by atomic mass is 10.00. The molecule has 1 N–H and O–H groups in total. The molecule has 0 saturated carbocycles. The SMILES string of the molecule is COc1ccc(OC)c2c(CCc3ccc(S(=O)(=O)[O-])cc3)cc(=O)[nH]c12. The van der Waals surface area contributed by atoms with Crippen molar-refractivity contribution in [3.05, 3.63) is 63.9 Å². The van der Waals surface area contributed by atoms with Gasteiger partial charge < -0.3 is 19.0 Å². The summed E-state index contributed by atoms with van der Waals surface area (Å²) in [6, 6.07) is 10.8. The zero-order chi connectivity index (χ0) is 19.6. The van der Waals surface area contributed by atoms with E-state index in [0.717, 1.165) is 16.5 Å². The van der Waals surface area contributed by atoms with Crippen molar-refractivity contribution < 1.29 is 22.4 Å². The van der Waals surface area contributed by atoms with Gasteiger partial charge in [0.05, 0.1) is 24.6 Å². The van der Waals surface area contributed by atoms with E-state index in [9.17, 15) is 17.8 Å². The number of pyridine rings is 1. The number of aromatic amines is 1. The quantitative estimate of drug-likeness (QED) is 0.649. The molecule has 0 saturated heterocycles. The van der Waals surface area contributed by atoms with Crippen LogP contribution in [0.25, 0.3) is 10.9 Å². The second kappa shape index (κ2) is 7.42. The molecule has 2 aromatic carbocycles. The van der Waals surface area contributed by atoms with Crippen molar-refractivity contribution in [2.24, 2.45) is 0 Å². The second-order valence-electron chi connectivity index (χ2n) is 5.98. The number of aryl methyl sites for hydroxylation is 2. The summed E-state index contributed by atoms with van der Waals surface area (Å²) in [4.78, 5) is 14.6. The monoisotopic (exact) mass is 388 g/mol. The molecule has 1 heterocycles. The van der Waals surface area contributed by atoms with E-state index in [4.69, 9.17) is 9.47 Å². The summed E-state index contributed by atoms with van der Waals surface area (Å²) in [5.41, 5.74) is 1.94. The molecule has 142 valence electrons. The lowest BCUT2D eigenvalue weighted by Crippen LogP contribution is -2.09. The van der Waals surface area contributed by atoms with Crippen LogP contribution in [0.4, 0.5) is 0 Å². The highest BCUT2D eigenvalue weighted by molar-refractivity contribution is 7.85. The van der Waals surface area contributed by atoms with Gasteiger partial charge in [-0.3, -0.25) is 4.79 Å². The highest BCUT2D eigenvalue weighted by Gasteiger charge is 2.13. The van der Waals surface area contributed by atoms with Gasteiger partial charge in [0.25, 0.3) is 0 Å². The maximum Gasteiger partial charge on any atom is 0.248 e. The van der Waals surface area contributed by atoms with Gasteiger partial charge in [-0.05, 0) is 48.2 Å². The molecule has 1 aromatic heterocycles. The second-order valence-corrected chi connectivity index (χ2v) is 7.36. The van der Waals surface area contributed by atoms with E-state index >= 15 is 0 Å². The lowest BCUT2D eigenvalue weighted by Gasteiger charge is -2.13. The summed E-state index contributed by atoms with van der Waals surface area (Å²) >= 11 is 0. The Bertz CT molecular complexity index is 1130. The average molecular weight is 388 g/mol. The van der Waals surface area contributed by atoms with E-state index in [1.54, 1.807) is 31.4 Å². The van der Waals surface area contributed by atoms with Gasteiger partial charge >= 0.3 is 0 Å².